The number of hydrogen-bond acceptors (Lipinski definition) is 5. The summed E-state index contributed by atoms with van der Waals surface area (Å²) in [6, 6.07) is 5.86. The van der Waals surface area contributed by atoms with Gasteiger partial charge in [-0.05, 0) is 31.4 Å². The summed E-state index contributed by atoms with van der Waals surface area (Å²) in [5.74, 6) is 0.0429. The third-order valence-electron chi connectivity index (χ3n) is 5.27. The predicted octanol–water partition coefficient (Wildman–Crippen LogP) is 1.15. The highest BCUT2D eigenvalue weighted by Crippen LogP contribution is 2.21. The number of carbonyl (C=O) groups is 1. The fraction of sp³-hybridized carbons (Fsp3) is 0.579. The van der Waals surface area contributed by atoms with E-state index in [2.05, 4.69) is 9.88 Å². The molecule has 2 aromatic heterocycles. The van der Waals surface area contributed by atoms with Gasteiger partial charge in [-0.25, -0.2) is 4.98 Å². The van der Waals surface area contributed by atoms with Crippen LogP contribution in [0.1, 0.15) is 35.4 Å². The SMILES string of the molecule is O=C(c1nc2ccccn2c1CN1CCO[C@H](CCO)C1)N1CCCC1. The molecule has 7 heteroatoms. The molecule has 1 amide bonds. The second-order valence-corrected chi connectivity index (χ2v) is 7.08. The zero-order valence-corrected chi connectivity index (χ0v) is 15.0. The van der Waals surface area contributed by atoms with Gasteiger partial charge in [-0.1, -0.05) is 6.07 Å². The van der Waals surface area contributed by atoms with Crippen molar-refractivity contribution < 1.29 is 14.6 Å². The number of imidazole rings is 1. The van der Waals surface area contributed by atoms with E-state index in [4.69, 9.17) is 4.74 Å². The molecule has 4 rings (SSSR count). The molecule has 0 saturated carbocycles. The number of aliphatic hydroxyl groups excluding tert-OH is 1. The number of hydrogen-bond donors (Lipinski definition) is 1. The van der Waals surface area contributed by atoms with E-state index in [9.17, 15) is 9.90 Å². The molecule has 2 aliphatic heterocycles. The van der Waals surface area contributed by atoms with Gasteiger partial charge in [-0.2, -0.15) is 0 Å². The van der Waals surface area contributed by atoms with Crippen LogP contribution in [0.5, 0.6) is 0 Å². The Kier molecular flexibility index (Phi) is 5.19. The first-order chi connectivity index (χ1) is 12.8. The molecule has 2 aliphatic rings. The Bertz CT molecular complexity index is 767. The van der Waals surface area contributed by atoms with Crippen molar-refractivity contribution in [2.45, 2.75) is 31.9 Å². The predicted molar refractivity (Wildman–Crippen MR) is 97.0 cm³/mol. The molecule has 0 bridgehead atoms. The summed E-state index contributed by atoms with van der Waals surface area (Å²) >= 11 is 0. The molecule has 0 unspecified atom stereocenters. The van der Waals surface area contributed by atoms with E-state index in [0.29, 0.717) is 25.3 Å². The number of ether oxygens (including phenoxy) is 1. The van der Waals surface area contributed by atoms with Crippen LogP contribution in [0, 0.1) is 0 Å². The van der Waals surface area contributed by atoms with E-state index in [0.717, 1.165) is 50.4 Å². The van der Waals surface area contributed by atoms with Crippen molar-refractivity contribution in [1.82, 2.24) is 19.2 Å². The maximum atomic E-state index is 13.0. The molecular formula is C19H26N4O3. The molecule has 0 spiro atoms. The van der Waals surface area contributed by atoms with Crippen LogP contribution in [0.15, 0.2) is 24.4 Å². The van der Waals surface area contributed by atoms with Gasteiger partial charge < -0.3 is 19.1 Å². The highest BCUT2D eigenvalue weighted by molar-refractivity contribution is 5.94. The maximum Gasteiger partial charge on any atom is 0.274 e. The maximum absolute atomic E-state index is 13.0. The molecule has 2 fully saturated rings. The molecule has 0 radical (unpaired) electrons. The van der Waals surface area contributed by atoms with E-state index in [1.54, 1.807) is 0 Å². The molecule has 140 valence electrons. The Balaban J connectivity index is 1.62. The lowest BCUT2D eigenvalue weighted by Crippen LogP contribution is -2.42. The van der Waals surface area contributed by atoms with Crippen LogP contribution in [0.2, 0.25) is 0 Å². The normalized spacial score (nSPS) is 21.6. The smallest absolute Gasteiger partial charge is 0.274 e. The molecule has 2 saturated heterocycles. The van der Waals surface area contributed by atoms with Gasteiger partial charge in [0, 0.05) is 45.5 Å². The summed E-state index contributed by atoms with van der Waals surface area (Å²) in [7, 11) is 0. The van der Waals surface area contributed by atoms with E-state index < -0.39 is 0 Å². The Labute approximate surface area is 153 Å². The number of morpholine rings is 1. The summed E-state index contributed by atoms with van der Waals surface area (Å²) in [4.78, 5) is 21.9. The molecule has 0 aromatic carbocycles. The number of nitrogens with zero attached hydrogens (tertiary/aromatic N) is 4. The van der Waals surface area contributed by atoms with E-state index in [1.807, 2.05) is 33.7 Å². The Morgan fingerprint density at radius 3 is 2.92 bits per heavy atom. The molecule has 1 atom stereocenters. The van der Waals surface area contributed by atoms with Crippen LogP contribution < -0.4 is 0 Å². The van der Waals surface area contributed by atoms with Crippen molar-refractivity contribution in [2.75, 3.05) is 39.4 Å². The number of aliphatic hydroxyl groups is 1. The van der Waals surface area contributed by atoms with Crippen LogP contribution in [0.25, 0.3) is 5.65 Å². The first-order valence-electron chi connectivity index (χ1n) is 9.46. The molecule has 0 aliphatic carbocycles. The van der Waals surface area contributed by atoms with Crippen LogP contribution in [-0.2, 0) is 11.3 Å². The summed E-state index contributed by atoms with van der Waals surface area (Å²) in [5.41, 5.74) is 2.33. The molecule has 1 N–H and O–H groups in total. The van der Waals surface area contributed by atoms with Gasteiger partial charge in [0.15, 0.2) is 5.69 Å². The number of pyridine rings is 1. The second kappa shape index (κ2) is 7.73. The van der Waals surface area contributed by atoms with Gasteiger partial charge in [0.25, 0.3) is 5.91 Å². The highest BCUT2D eigenvalue weighted by atomic mass is 16.5. The average molecular weight is 358 g/mol. The Morgan fingerprint density at radius 1 is 1.27 bits per heavy atom. The monoisotopic (exact) mass is 358 g/mol. The lowest BCUT2D eigenvalue weighted by atomic mass is 10.2. The molecule has 26 heavy (non-hydrogen) atoms. The summed E-state index contributed by atoms with van der Waals surface area (Å²) in [6.07, 6.45) is 4.81. The van der Waals surface area contributed by atoms with Crippen molar-refractivity contribution in [3.05, 3.63) is 35.8 Å². The van der Waals surface area contributed by atoms with Gasteiger partial charge in [-0.15, -0.1) is 0 Å². The van der Waals surface area contributed by atoms with Crippen LogP contribution in [-0.4, -0.2) is 75.7 Å². The minimum Gasteiger partial charge on any atom is -0.396 e. The fourth-order valence-electron chi connectivity index (χ4n) is 3.89. The standard InChI is InChI=1S/C19H26N4O3/c24-11-6-15-13-21(10-12-26-15)14-16-18(19(25)22-7-3-4-8-22)20-17-5-1-2-9-23(16)17/h1-2,5,9,15,24H,3-4,6-8,10-14H2/t15-/m1/s1. The quantitative estimate of drug-likeness (QED) is 0.868. The summed E-state index contributed by atoms with van der Waals surface area (Å²) in [6.45, 7) is 4.66. The summed E-state index contributed by atoms with van der Waals surface area (Å²) < 4.78 is 7.74. The van der Waals surface area contributed by atoms with Crippen LogP contribution in [0.3, 0.4) is 0 Å². The Morgan fingerprint density at radius 2 is 2.12 bits per heavy atom. The van der Waals surface area contributed by atoms with Crippen molar-refractivity contribution >= 4 is 11.6 Å². The van der Waals surface area contributed by atoms with E-state index in [-0.39, 0.29) is 18.6 Å². The van der Waals surface area contributed by atoms with Crippen molar-refractivity contribution in [1.29, 1.82) is 0 Å². The molecule has 2 aromatic rings. The number of rotatable bonds is 5. The van der Waals surface area contributed by atoms with Gasteiger partial charge in [0.05, 0.1) is 18.4 Å². The molecular weight excluding hydrogens is 332 g/mol. The first kappa shape index (κ1) is 17.5. The second-order valence-electron chi connectivity index (χ2n) is 7.08. The minimum atomic E-state index is 0.0429. The first-order valence-corrected chi connectivity index (χ1v) is 9.46. The lowest BCUT2D eigenvalue weighted by molar-refractivity contribution is -0.0411. The highest BCUT2D eigenvalue weighted by Gasteiger charge is 2.28. The number of fused-ring (bicyclic) bond motifs is 1. The van der Waals surface area contributed by atoms with Gasteiger partial charge in [0.2, 0.25) is 0 Å². The fourth-order valence-corrected chi connectivity index (χ4v) is 3.89. The average Bonchev–Trinajstić information content (AvgIpc) is 3.31. The number of carbonyl (C=O) groups excluding carboxylic acids is 1. The lowest BCUT2D eigenvalue weighted by Gasteiger charge is -2.32. The molecule has 7 nitrogen and oxygen atoms in total. The summed E-state index contributed by atoms with van der Waals surface area (Å²) in [5, 5.41) is 9.18. The number of amides is 1. The Hall–Kier alpha value is -1.96. The van der Waals surface area contributed by atoms with E-state index >= 15 is 0 Å². The largest absolute Gasteiger partial charge is 0.396 e. The van der Waals surface area contributed by atoms with Crippen molar-refractivity contribution in [3.63, 3.8) is 0 Å². The topological polar surface area (TPSA) is 70.3 Å². The van der Waals surface area contributed by atoms with E-state index in [1.165, 1.54) is 0 Å². The van der Waals surface area contributed by atoms with Gasteiger partial charge in [-0.3, -0.25) is 9.69 Å². The zero-order valence-electron chi connectivity index (χ0n) is 15.0. The van der Waals surface area contributed by atoms with Gasteiger partial charge in [0.1, 0.15) is 5.65 Å². The van der Waals surface area contributed by atoms with Gasteiger partial charge >= 0.3 is 0 Å². The zero-order chi connectivity index (χ0) is 17.9. The number of aromatic nitrogens is 2. The number of likely N-dealkylation sites (tertiary alicyclic amines) is 1. The van der Waals surface area contributed by atoms with Crippen LogP contribution >= 0.6 is 0 Å². The van der Waals surface area contributed by atoms with Crippen molar-refractivity contribution in [2.24, 2.45) is 0 Å². The van der Waals surface area contributed by atoms with Crippen LogP contribution in [0.4, 0.5) is 0 Å². The minimum absolute atomic E-state index is 0.0429. The third-order valence-corrected chi connectivity index (χ3v) is 5.27. The third kappa shape index (κ3) is 3.47. The molecule has 4 heterocycles. The van der Waals surface area contributed by atoms with Crippen molar-refractivity contribution in [3.8, 4) is 0 Å².